The van der Waals surface area contributed by atoms with Gasteiger partial charge in [-0.25, -0.2) is 0 Å². The largest absolute Gasteiger partial charge is 0.461 e. The van der Waals surface area contributed by atoms with Crippen LogP contribution in [0.5, 0.6) is 0 Å². The van der Waals surface area contributed by atoms with E-state index in [1.165, 1.54) is 0 Å². The monoisotopic (exact) mass is 147 g/mol. The standard InChI is InChI=1S/C6H11O2S/c1-9-4-2-6(7)8-3-5-9/h2-5H2,1H3/q+1. The maximum Gasteiger partial charge on any atom is 0.310 e. The molecule has 1 aliphatic rings. The lowest BCUT2D eigenvalue weighted by molar-refractivity contribution is -0.142. The molecule has 3 heteroatoms. The van der Waals surface area contributed by atoms with Crippen molar-refractivity contribution in [2.45, 2.75) is 6.42 Å². The van der Waals surface area contributed by atoms with Crippen LogP contribution in [-0.2, 0) is 20.4 Å². The van der Waals surface area contributed by atoms with Crippen LogP contribution in [0.15, 0.2) is 0 Å². The van der Waals surface area contributed by atoms with Crippen LogP contribution in [0.4, 0.5) is 0 Å². The van der Waals surface area contributed by atoms with E-state index in [2.05, 4.69) is 6.26 Å². The Kier molecular flexibility index (Phi) is 2.39. The molecule has 0 radical (unpaired) electrons. The van der Waals surface area contributed by atoms with Gasteiger partial charge in [0.1, 0.15) is 18.1 Å². The van der Waals surface area contributed by atoms with Gasteiger partial charge in [-0.15, -0.1) is 0 Å². The summed E-state index contributed by atoms with van der Waals surface area (Å²) in [5.41, 5.74) is 0. The van der Waals surface area contributed by atoms with Gasteiger partial charge in [0.05, 0.1) is 12.7 Å². The summed E-state index contributed by atoms with van der Waals surface area (Å²) in [6.45, 7) is 0.637. The second-order valence-electron chi connectivity index (χ2n) is 2.16. The number of hydrogen-bond acceptors (Lipinski definition) is 2. The molecule has 1 atom stereocenters. The summed E-state index contributed by atoms with van der Waals surface area (Å²) < 4.78 is 4.84. The van der Waals surface area contributed by atoms with E-state index in [9.17, 15) is 4.79 Å². The molecule has 0 N–H and O–H groups in total. The molecule has 1 heterocycles. The minimum atomic E-state index is -0.0214. The van der Waals surface area contributed by atoms with E-state index in [-0.39, 0.29) is 5.97 Å². The highest BCUT2D eigenvalue weighted by atomic mass is 32.2. The Labute approximate surface area is 57.9 Å². The summed E-state index contributed by atoms with van der Waals surface area (Å²) in [5, 5.41) is 0. The molecular weight excluding hydrogens is 136 g/mol. The average molecular weight is 147 g/mol. The molecule has 1 saturated heterocycles. The van der Waals surface area contributed by atoms with Gasteiger partial charge >= 0.3 is 5.97 Å². The SMILES string of the molecule is C[S+]1CCOC(=O)CC1. The van der Waals surface area contributed by atoms with Crippen molar-refractivity contribution in [2.75, 3.05) is 24.4 Å². The van der Waals surface area contributed by atoms with Crippen molar-refractivity contribution in [3.05, 3.63) is 0 Å². The number of ether oxygens (including phenoxy) is 1. The lowest BCUT2D eigenvalue weighted by atomic mass is 10.5. The predicted octanol–water partition coefficient (Wildman–Crippen LogP) is 0.181. The van der Waals surface area contributed by atoms with Gasteiger partial charge in [0, 0.05) is 0 Å². The predicted molar refractivity (Wildman–Crippen MR) is 38.6 cm³/mol. The van der Waals surface area contributed by atoms with Gasteiger partial charge in [0.2, 0.25) is 0 Å². The van der Waals surface area contributed by atoms with Gasteiger partial charge in [-0.2, -0.15) is 0 Å². The summed E-state index contributed by atoms with van der Waals surface area (Å²) >= 11 is 0. The summed E-state index contributed by atoms with van der Waals surface area (Å²) in [5.74, 6) is 2.07. The lowest BCUT2D eigenvalue weighted by Gasteiger charge is -1.92. The molecule has 0 spiro atoms. The van der Waals surface area contributed by atoms with Crippen LogP contribution in [0.3, 0.4) is 0 Å². The van der Waals surface area contributed by atoms with Crippen molar-refractivity contribution < 1.29 is 9.53 Å². The van der Waals surface area contributed by atoms with Crippen LogP contribution < -0.4 is 0 Å². The Morgan fingerprint density at radius 2 is 2.33 bits per heavy atom. The number of esters is 1. The van der Waals surface area contributed by atoms with Gasteiger partial charge in [-0.1, -0.05) is 0 Å². The molecule has 0 amide bonds. The normalized spacial score (nSPS) is 29.0. The van der Waals surface area contributed by atoms with Crippen molar-refractivity contribution >= 4 is 16.9 Å². The molecule has 0 aliphatic carbocycles. The van der Waals surface area contributed by atoms with E-state index in [1.807, 2.05) is 0 Å². The van der Waals surface area contributed by atoms with Crippen LogP contribution >= 0.6 is 0 Å². The van der Waals surface area contributed by atoms with Crippen LogP contribution in [0.25, 0.3) is 0 Å². The fourth-order valence-corrected chi connectivity index (χ4v) is 1.82. The van der Waals surface area contributed by atoms with Crippen LogP contribution in [-0.4, -0.2) is 30.3 Å². The summed E-state index contributed by atoms with van der Waals surface area (Å²) in [4.78, 5) is 10.6. The van der Waals surface area contributed by atoms with Gasteiger partial charge < -0.3 is 4.74 Å². The second-order valence-corrected chi connectivity index (χ2v) is 4.54. The third kappa shape index (κ3) is 2.26. The fourth-order valence-electron chi connectivity index (χ4n) is 0.730. The van der Waals surface area contributed by atoms with E-state index in [0.29, 0.717) is 23.9 Å². The highest BCUT2D eigenvalue weighted by Gasteiger charge is 2.19. The van der Waals surface area contributed by atoms with Crippen molar-refractivity contribution in [1.29, 1.82) is 0 Å². The molecule has 0 aromatic heterocycles. The number of rotatable bonds is 0. The second kappa shape index (κ2) is 3.11. The van der Waals surface area contributed by atoms with Crippen molar-refractivity contribution in [1.82, 2.24) is 0 Å². The fraction of sp³-hybridized carbons (Fsp3) is 0.833. The van der Waals surface area contributed by atoms with E-state index < -0.39 is 0 Å². The maximum absolute atomic E-state index is 10.6. The minimum absolute atomic E-state index is 0.0214. The molecule has 1 rings (SSSR count). The maximum atomic E-state index is 10.6. The van der Waals surface area contributed by atoms with Gasteiger partial charge in [-0.3, -0.25) is 4.79 Å². The van der Waals surface area contributed by atoms with Gasteiger partial charge in [0.25, 0.3) is 0 Å². The minimum Gasteiger partial charge on any atom is -0.461 e. The Hall–Kier alpha value is -0.180. The first-order chi connectivity index (χ1) is 4.29. The smallest absolute Gasteiger partial charge is 0.310 e. The number of cyclic esters (lactones) is 1. The molecule has 1 aliphatic heterocycles. The van der Waals surface area contributed by atoms with Crippen molar-refractivity contribution in [2.24, 2.45) is 0 Å². The first-order valence-electron chi connectivity index (χ1n) is 3.04. The zero-order chi connectivity index (χ0) is 6.69. The highest BCUT2D eigenvalue weighted by Crippen LogP contribution is 2.01. The summed E-state index contributed by atoms with van der Waals surface area (Å²) in [6.07, 6.45) is 2.81. The van der Waals surface area contributed by atoms with Crippen molar-refractivity contribution in [3.63, 3.8) is 0 Å². The molecule has 0 aromatic carbocycles. The molecule has 0 saturated carbocycles. The third-order valence-corrected chi connectivity index (χ3v) is 3.11. The molecule has 2 nitrogen and oxygen atoms in total. The topological polar surface area (TPSA) is 26.3 Å². The Balaban J connectivity index is 2.34. The molecule has 1 unspecified atom stereocenters. The Bertz CT molecular complexity index is 114. The first kappa shape index (κ1) is 6.93. The van der Waals surface area contributed by atoms with Crippen LogP contribution in [0.2, 0.25) is 0 Å². The molecular formula is C6H11O2S+. The zero-order valence-electron chi connectivity index (χ0n) is 5.55. The quantitative estimate of drug-likeness (QED) is 0.361. The van der Waals surface area contributed by atoms with Crippen LogP contribution in [0, 0.1) is 0 Å². The van der Waals surface area contributed by atoms with E-state index in [4.69, 9.17) is 4.74 Å². The lowest BCUT2D eigenvalue weighted by Crippen LogP contribution is -2.09. The van der Waals surface area contributed by atoms with E-state index in [0.717, 1.165) is 11.5 Å². The van der Waals surface area contributed by atoms with Gasteiger partial charge in [0.15, 0.2) is 0 Å². The first-order valence-corrected chi connectivity index (χ1v) is 5.01. The number of hydrogen-bond donors (Lipinski definition) is 0. The van der Waals surface area contributed by atoms with Crippen LogP contribution in [0.1, 0.15) is 6.42 Å². The van der Waals surface area contributed by atoms with E-state index >= 15 is 0 Å². The zero-order valence-corrected chi connectivity index (χ0v) is 6.37. The Morgan fingerprint density at radius 1 is 1.56 bits per heavy atom. The van der Waals surface area contributed by atoms with Crippen molar-refractivity contribution in [3.8, 4) is 0 Å². The molecule has 1 fully saturated rings. The molecule has 0 aromatic rings. The summed E-state index contributed by atoms with van der Waals surface area (Å²) in [7, 11) is 0.426. The highest BCUT2D eigenvalue weighted by molar-refractivity contribution is 7.96. The molecule has 0 bridgehead atoms. The van der Waals surface area contributed by atoms with E-state index in [1.54, 1.807) is 0 Å². The molecule has 9 heavy (non-hydrogen) atoms. The molecule has 52 valence electrons. The average Bonchev–Trinajstić information content (AvgIpc) is 1.97. The number of carbonyl (C=O) groups excluding carboxylic acids is 1. The Morgan fingerprint density at radius 3 is 3.11 bits per heavy atom. The number of carbonyl (C=O) groups is 1. The summed E-state index contributed by atoms with van der Waals surface area (Å²) in [6, 6.07) is 0. The third-order valence-electron chi connectivity index (χ3n) is 1.35. The van der Waals surface area contributed by atoms with Gasteiger partial charge in [-0.05, 0) is 10.9 Å².